The number of nitrogens with zero attached hydrogens (tertiary/aromatic N) is 1. The average molecular weight is 226 g/mol. The van der Waals surface area contributed by atoms with Gasteiger partial charge in [-0.15, -0.1) is 0 Å². The van der Waals surface area contributed by atoms with Crippen LogP contribution in [-0.2, 0) is 4.79 Å². The van der Waals surface area contributed by atoms with Crippen LogP contribution in [0.2, 0.25) is 0 Å². The van der Waals surface area contributed by atoms with Crippen molar-refractivity contribution in [3.05, 3.63) is 12.2 Å². The Morgan fingerprint density at radius 2 is 1.62 bits per heavy atom. The molecule has 0 bridgehead atoms. The maximum Gasteiger partial charge on any atom is 0.260 e. The molecular weight excluding hydrogens is 200 g/mol. The molecule has 0 aliphatic heterocycles. The first kappa shape index (κ1) is 15.2. The molecule has 0 aliphatic carbocycles. The van der Waals surface area contributed by atoms with Crippen molar-refractivity contribution in [2.75, 3.05) is 13.1 Å². The monoisotopic (exact) mass is 226 g/mol. The number of hydrogen-bond donors (Lipinski definition) is 1. The third kappa shape index (κ3) is 6.62. The van der Waals surface area contributed by atoms with Gasteiger partial charge in [0.2, 0.25) is 0 Å². The van der Waals surface area contributed by atoms with Gasteiger partial charge < -0.3 is 0 Å². The van der Waals surface area contributed by atoms with Gasteiger partial charge in [0, 0.05) is 18.7 Å². The molecule has 0 aliphatic rings. The van der Waals surface area contributed by atoms with Gasteiger partial charge >= 0.3 is 0 Å². The first-order valence-corrected chi connectivity index (χ1v) is 6.39. The zero-order valence-electron chi connectivity index (χ0n) is 11.0. The van der Waals surface area contributed by atoms with Gasteiger partial charge in [-0.3, -0.25) is 10.2 Å². The minimum Gasteiger partial charge on any atom is -0.285 e. The van der Waals surface area contributed by atoms with Crippen LogP contribution in [0.4, 0.5) is 0 Å². The molecule has 3 nitrogen and oxygen atoms in total. The Kier molecular flexibility index (Phi) is 8.91. The fraction of sp³-hybridized carbons (Fsp3) is 0.769. The lowest BCUT2D eigenvalue weighted by atomic mass is 10.2. The van der Waals surface area contributed by atoms with Gasteiger partial charge in [-0.2, -0.15) is 0 Å². The molecule has 0 unspecified atom stereocenters. The van der Waals surface area contributed by atoms with Crippen molar-refractivity contribution < 1.29 is 4.79 Å². The summed E-state index contributed by atoms with van der Waals surface area (Å²) < 4.78 is 0. The summed E-state index contributed by atoms with van der Waals surface area (Å²) in [5.41, 5.74) is 3.58. The fourth-order valence-corrected chi connectivity index (χ4v) is 1.30. The van der Waals surface area contributed by atoms with Crippen LogP contribution in [0.3, 0.4) is 0 Å². The van der Waals surface area contributed by atoms with Crippen molar-refractivity contribution in [2.45, 2.75) is 52.9 Å². The minimum absolute atomic E-state index is 0.0327. The number of amides is 1. The Morgan fingerprint density at radius 3 is 2.00 bits per heavy atom. The third-order valence-electron chi connectivity index (χ3n) is 2.57. The smallest absolute Gasteiger partial charge is 0.260 e. The van der Waals surface area contributed by atoms with E-state index in [0.29, 0.717) is 12.0 Å². The summed E-state index contributed by atoms with van der Waals surface area (Å²) in [4.78, 5) is 11.7. The molecule has 0 saturated carbocycles. The van der Waals surface area contributed by atoms with Crippen LogP contribution in [0.5, 0.6) is 0 Å². The highest BCUT2D eigenvalue weighted by Gasteiger charge is 2.09. The van der Waals surface area contributed by atoms with E-state index < -0.39 is 0 Å². The Balaban J connectivity index is 4.07. The molecule has 0 saturated heterocycles. The Morgan fingerprint density at radius 1 is 1.12 bits per heavy atom. The molecule has 0 spiro atoms. The van der Waals surface area contributed by atoms with Gasteiger partial charge in [-0.05, 0) is 19.3 Å². The van der Waals surface area contributed by atoms with Crippen molar-refractivity contribution in [3.63, 3.8) is 0 Å². The van der Waals surface area contributed by atoms with Gasteiger partial charge in [0.15, 0.2) is 0 Å². The molecule has 0 fully saturated rings. The second-order valence-corrected chi connectivity index (χ2v) is 4.09. The summed E-state index contributed by atoms with van der Waals surface area (Å²) in [6.45, 7) is 11.9. The SMILES string of the molecule is C=C(CC)C(=O)NN(CCCC)CCCC. The second-order valence-electron chi connectivity index (χ2n) is 4.09. The van der Waals surface area contributed by atoms with E-state index in [0.717, 1.165) is 38.8 Å². The van der Waals surface area contributed by atoms with E-state index in [2.05, 4.69) is 25.9 Å². The lowest BCUT2D eigenvalue weighted by Crippen LogP contribution is -2.43. The van der Waals surface area contributed by atoms with E-state index >= 15 is 0 Å². The lowest BCUT2D eigenvalue weighted by molar-refractivity contribution is -0.122. The van der Waals surface area contributed by atoms with Crippen LogP contribution in [-0.4, -0.2) is 24.0 Å². The van der Waals surface area contributed by atoms with E-state index in [-0.39, 0.29) is 5.91 Å². The number of unbranched alkanes of at least 4 members (excludes halogenated alkanes) is 2. The van der Waals surface area contributed by atoms with Crippen molar-refractivity contribution in [3.8, 4) is 0 Å². The van der Waals surface area contributed by atoms with E-state index in [1.165, 1.54) is 0 Å². The molecule has 0 atom stereocenters. The van der Waals surface area contributed by atoms with Crippen LogP contribution < -0.4 is 5.43 Å². The predicted octanol–water partition coefficient (Wildman–Crippen LogP) is 2.89. The van der Waals surface area contributed by atoms with Gasteiger partial charge in [0.25, 0.3) is 5.91 Å². The number of hydrazine groups is 1. The highest BCUT2D eigenvalue weighted by Crippen LogP contribution is 2.00. The molecule has 94 valence electrons. The topological polar surface area (TPSA) is 32.3 Å². The van der Waals surface area contributed by atoms with E-state index in [4.69, 9.17) is 0 Å². The third-order valence-corrected chi connectivity index (χ3v) is 2.57. The van der Waals surface area contributed by atoms with Crippen molar-refractivity contribution in [1.29, 1.82) is 0 Å². The highest BCUT2D eigenvalue weighted by atomic mass is 16.2. The summed E-state index contributed by atoms with van der Waals surface area (Å²) in [5.74, 6) is -0.0327. The van der Waals surface area contributed by atoms with Gasteiger partial charge in [-0.1, -0.05) is 40.2 Å². The first-order chi connectivity index (χ1) is 7.65. The quantitative estimate of drug-likeness (QED) is 0.484. The Labute approximate surface area is 99.9 Å². The molecule has 1 N–H and O–H groups in total. The van der Waals surface area contributed by atoms with Crippen molar-refractivity contribution in [2.24, 2.45) is 0 Å². The molecule has 0 aromatic carbocycles. The summed E-state index contributed by atoms with van der Waals surface area (Å²) in [7, 11) is 0. The average Bonchev–Trinajstić information content (AvgIpc) is 2.31. The molecule has 0 heterocycles. The molecule has 16 heavy (non-hydrogen) atoms. The predicted molar refractivity (Wildman–Crippen MR) is 69.0 cm³/mol. The van der Waals surface area contributed by atoms with Crippen LogP contribution >= 0.6 is 0 Å². The van der Waals surface area contributed by atoms with Crippen molar-refractivity contribution in [1.82, 2.24) is 10.4 Å². The van der Waals surface area contributed by atoms with Crippen LogP contribution in [0.15, 0.2) is 12.2 Å². The van der Waals surface area contributed by atoms with Gasteiger partial charge in [0.05, 0.1) is 0 Å². The molecule has 0 radical (unpaired) electrons. The van der Waals surface area contributed by atoms with Gasteiger partial charge in [0.1, 0.15) is 0 Å². The highest BCUT2D eigenvalue weighted by molar-refractivity contribution is 5.92. The molecular formula is C13H26N2O. The second kappa shape index (κ2) is 9.40. The number of carbonyl (C=O) groups excluding carboxylic acids is 1. The van der Waals surface area contributed by atoms with Crippen LogP contribution in [0.25, 0.3) is 0 Å². The van der Waals surface area contributed by atoms with Crippen molar-refractivity contribution >= 4 is 5.91 Å². The van der Waals surface area contributed by atoms with E-state index in [1.807, 2.05) is 11.9 Å². The van der Waals surface area contributed by atoms with E-state index in [1.54, 1.807) is 0 Å². The summed E-state index contributed by atoms with van der Waals surface area (Å²) in [6, 6.07) is 0. The summed E-state index contributed by atoms with van der Waals surface area (Å²) in [6.07, 6.45) is 5.23. The standard InChI is InChI=1S/C13H26N2O/c1-5-8-10-15(11-9-6-2)14-13(16)12(4)7-3/h4-11H2,1-3H3,(H,14,16). The number of nitrogens with one attached hydrogen (secondary N) is 1. The Hall–Kier alpha value is -0.830. The number of carbonyl (C=O) groups is 1. The largest absolute Gasteiger partial charge is 0.285 e. The summed E-state index contributed by atoms with van der Waals surface area (Å²) >= 11 is 0. The molecule has 0 aromatic rings. The number of hydrogen-bond acceptors (Lipinski definition) is 2. The Bertz CT molecular complexity index is 206. The van der Waals surface area contributed by atoms with E-state index in [9.17, 15) is 4.79 Å². The van der Waals surface area contributed by atoms with Crippen LogP contribution in [0, 0.1) is 0 Å². The fourth-order valence-electron chi connectivity index (χ4n) is 1.30. The van der Waals surface area contributed by atoms with Crippen LogP contribution in [0.1, 0.15) is 52.9 Å². The first-order valence-electron chi connectivity index (χ1n) is 6.39. The maximum atomic E-state index is 11.7. The summed E-state index contributed by atoms with van der Waals surface area (Å²) in [5, 5.41) is 2.02. The molecule has 1 amide bonds. The normalized spacial score (nSPS) is 10.5. The van der Waals surface area contributed by atoms with Gasteiger partial charge in [-0.25, -0.2) is 5.01 Å². The molecule has 0 aromatic heterocycles. The lowest BCUT2D eigenvalue weighted by Gasteiger charge is -2.23. The molecule has 3 heteroatoms. The molecule has 0 rings (SSSR count). The maximum absolute atomic E-state index is 11.7. The zero-order chi connectivity index (χ0) is 12.4. The number of rotatable bonds is 9. The minimum atomic E-state index is -0.0327. The zero-order valence-corrected chi connectivity index (χ0v) is 11.0.